The van der Waals surface area contributed by atoms with E-state index in [0.29, 0.717) is 0 Å². The van der Waals surface area contributed by atoms with Gasteiger partial charge in [-0.05, 0) is 41.1 Å². The molecule has 0 aliphatic heterocycles. The maximum absolute atomic E-state index is 6.29. The molecule has 0 fully saturated rings. The molecule has 3 aromatic rings. The zero-order valence-electron chi connectivity index (χ0n) is 10.3. The zero-order chi connectivity index (χ0) is 13.9. The van der Waals surface area contributed by atoms with Crippen LogP contribution in [0.5, 0.6) is 0 Å². The summed E-state index contributed by atoms with van der Waals surface area (Å²) >= 11 is 13.3. The lowest BCUT2D eigenvalue weighted by Gasteiger charge is -2.18. The first-order valence-corrected chi connectivity index (χ1v) is 8.95. The fourth-order valence-electron chi connectivity index (χ4n) is 1.96. The first kappa shape index (κ1) is 14.1. The third kappa shape index (κ3) is 3.09. The van der Waals surface area contributed by atoms with Crippen LogP contribution in [0.4, 0.5) is 5.69 Å². The lowest BCUT2D eigenvalue weighted by molar-refractivity contribution is 0.993. The van der Waals surface area contributed by atoms with E-state index in [4.69, 9.17) is 11.6 Å². The highest BCUT2D eigenvalue weighted by atomic mass is 79.9. The summed E-state index contributed by atoms with van der Waals surface area (Å²) in [7, 11) is 0. The number of hydrogen-bond acceptors (Lipinski definition) is 3. The molecule has 0 aliphatic rings. The van der Waals surface area contributed by atoms with Crippen LogP contribution in [0.1, 0.15) is 15.8 Å². The van der Waals surface area contributed by atoms with Gasteiger partial charge in [0.2, 0.25) is 0 Å². The minimum absolute atomic E-state index is 0.141. The van der Waals surface area contributed by atoms with Crippen LogP contribution in [-0.4, -0.2) is 0 Å². The summed E-state index contributed by atoms with van der Waals surface area (Å²) in [5.74, 6) is 0. The van der Waals surface area contributed by atoms with Gasteiger partial charge in [-0.1, -0.05) is 39.7 Å². The Labute approximate surface area is 139 Å². The Kier molecular flexibility index (Phi) is 4.46. The maximum Gasteiger partial charge on any atom is 0.0954 e. The maximum atomic E-state index is 6.29. The van der Waals surface area contributed by atoms with Crippen molar-refractivity contribution in [3.05, 3.63) is 72.5 Å². The van der Waals surface area contributed by atoms with E-state index in [0.717, 1.165) is 15.2 Å². The molecular formula is C15H11BrClNS2. The van der Waals surface area contributed by atoms with Gasteiger partial charge < -0.3 is 5.32 Å². The van der Waals surface area contributed by atoms with Gasteiger partial charge in [0, 0.05) is 14.2 Å². The molecule has 0 bridgehead atoms. The molecule has 2 aromatic heterocycles. The van der Waals surface area contributed by atoms with Gasteiger partial charge in [0.25, 0.3) is 0 Å². The standard InChI is InChI=1S/C15H11BrClNS2/c16-10-5-6-11(17)12(9-10)18-15(13-3-1-7-19-13)14-4-2-8-20-14/h1-9,15,18H. The van der Waals surface area contributed by atoms with Crippen molar-refractivity contribution in [2.75, 3.05) is 5.32 Å². The average Bonchev–Trinajstić information content (AvgIpc) is 3.12. The Hall–Kier alpha value is -0.810. The molecule has 20 heavy (non-hydrogen) atoms. The van der Waals surface area contributed by atoms with Crippen molar-refractivity contribution in [2.24, 2.45) is 0 Å². The Bertz CT molecular complexity index is 646. The quantitative estimate of drug-likeness (QED) is 0.546. The van der Waals surface area contributed by atoms with Crippen molar-refractivity contribution in [3.8, 4) is 0 Å². The topological polar surface area (TPSA) is 12.0 Å². The minimum atomic E-state index is 0.141. The summed E-state index contributed by atoms with van der Waals surface area (Å²) < 4.78 is 1.01. The minimum Gasteiger partial charge on any atom is -0.371 e. The van der Waals surface area contributed by atoms with Gasteiger partial charge in [0.05, 0.1) is 16.8 Å². The van der Waals surface area contributed by atoms with Crippen LogP contribution < -0.4 is 5.32 Å². The molecular weight excluding hydrogens is 374 g/mol. The first-order chi connectivity index (χ1) is 9.74. The molecule has 0 amide bonds. The van der Waals surface area contributed by atoms with Gasteiger partial charge in [0.15, 0.2) is 0 Å². The number of halogens is 2. The second kappa shape index (κ2) is 6.31. The summed E-state index contributed by atoms with van der Waals surface area (Å²) in [5.41, 5.74) is 0.938. The van der Waals surface area contributed by atoms with Gasteiger partial charge in [-0.2, -0.15) is 0 Å². The molecule has 0 saturated heterocycles. The van der Waals surface area contributed by atoms with Crippen molar-refractivity contribution < 1.29 is 0 Å². The molecule has 0 spiro atoms. The SMILES string of the molecule is Clc1ccc(Br)cc1NC(c1cccs1)c1cccs1. The van der Waals surface area contributed by atoms with E-state index in [1.807, 2.05) is 18.2 Å². The second-order valence-corrected chi connectivity index (χ2v) is 7.51. The molecule has 0 atom stereocenters. The Morgan fingerprint density at radius 1 is 1.00 bits per heavy atom. The van der Waals surface area contributed by atoms with E-state index >= 15 is 0 Å². The highest BCUT2D eigenvalue weighted by Gasteiger charge is 2.17. The van der Waals surface area contributed by atoms with Gasteiger partial charge in [-0.25, -0.2) is 0 Å². The number of benzene rings is 1. The average molecular weight is 385 g/mol. The molecule has 1 aromatic carbocycles. The predicted octanol–water partition coefficient (Wildman–Crippen LogP) is 6.43. The third-order valence-corrected chi connectivity index (χ3v) is 5.58. The third-order valence-electron chi connectivity index (χ3n) is 2.88. The van der Waals surface area contributed by atoms with Crippen LogP contribution >= 0.6 is 50.2 Å². The summed E-state index contributed by atoms with van der Waals surface area (Å²) in [6.45, 7) is 0. The van der Waals surface area contributed by atoms with Crippen LogP contribution in [0.25, 0.3) is 0 Å². The van der Waals surface area contributed by atoms with Crippen LogP contribution in [0, 0.1) is 0 Å². The molecule has 5 heteroatoms. The van der Waals surface area contributed by atoms with Crippen molar-refractivity contribution in [2.45, 2.75) is 6.04 Å². The smallest absolute Gasteiger partial charge is 0.0954 e. The van der Waals surface area contributed by atoms with Crippen molar-refractivity contribution >= 4 is 55.9 Å². The Morgan fingerprint density at radius 3 is 2.20 bits per heavy atom. The fraction of sp³-hybridized carbons (Fsp3) is 0.0667. The van der Waals surface area contributed by atoms with Gasteiger partial charge >= 0.3 is 0 Å². The molecule has 3 rings (SSSR count). The van der Waals surface area contributed by atoms with Gasteiger partial charge in [-0.15, -0.1) is 22.7 Å². The number of thiophene rings is 2. The van der Waals surface area contributed by atoms with E-state index < -0.39 is 0 Å². The van der Waals surface area contributed by atoms with Crippen LogP contribution in [0.2, 0.25) is 5.02 Å². The summed E-state index contributed by atoms with van der Waals surface area (Å²) in [5, 5.41) is 8.47. The van der Waals surface area contributed by atoms with E-state index in [9.17, 15) is 0 Å². The van der Waals surface area contributed by atoms with E-state index in [1.165, 1.54) is 9.75 Å². The van der Waals surface area contributed by atoms with Crippen LogP contribution in [0.3, 0.4) is 0 Å². The number of rotatable bonds is 4. The van der Waals surface area contributed by atoms with Gasteiger partial charge in [0.1, 0.15) is 0 Å². The molecule has 0 saturated carbocycles. The summed E-state index contributed by atoms with van der Waals surface area (Å²) in [4.78, 5) is 2.56. The highest BCUT2D eigenvalue weighted by Crippen LogP contribution is 2.35. The van der Waals surface area contributed by atoms with Crippen molar-refractivity contribution in [1.29, 1.82) is 0 Å². The normalized spacial score (nSPS) is 10.9. The number of hydrogen-bond donors (Lipinski definition) is 1. The summed E-state index contributed by atoms with van der Waals surface area (Å²) in [6, 6.07) is 14.4. The Balaban J connectivity index is 1.97. The molecule has 0 unspecified atom stereocenters. The summed E-state index contributed by atoms with van der Waals surface area (Å²) in [6.07, 6.45) is 0. The molecule has 0 radical (unpaired) electrons. The van der Waals surface area contributed by atoms with E-state index in [2.05, 4.69) is 56.3 Å². The van der Waals surface area contributed by atoms with Crippen LogP contribution in [-0.2, 0) is 0 Å². The predicted molar refractivity (Wildman–Crippen MR) is 93.3 cm³/mol. The molecule has 102 valence electrons. The largest absolute Gasteiger partial charge is 0.371 e. The molecule has 1 nitrogen and oxygen atoms in total. The molecule has 0 aliphatic carbocycles. The zero-order valence-corrected chi connectivity index (χ0v) is 14.3. The van der Waals surface area contributed by atoms with Crippen molar-refractivity contribution in [3.63, 3.8) is 0 Å². The fourth-order valence-corrected chi connectivity index (χ4v) is 4.15. The first-order valence-electron chi connectivity index (χ1n) is 6.02. The second-order valence-electron chi connectivity index (χ2n) is 4.23. The van der Waals surface area contributed by atoms with E-state index in [1.54, 1.807) is 22.7 Å². The van der Waals surface area contributed by atoms with Crippen molar-refractivity contribution in [1.82, 2.24) is 0 Å². The number of nitrogens with one attached hydrogen (secondary N) is 1. The highest BCUT2D eigenvalue weighted by molar-refractivity contribution is 9.10. The lowest BCUT2D eigenvalue weighted by Crippen LogP contribution is -2.09. The number of anilines is 1. The van der Waals surface area contributed by atoms with Crippen LogP contribution in [0.15, 0.2) is 57.7 Å². The Morgan fingerprint density at radius 2 is 1.65 bits per heavy atom. The monoisotopic (exact) mass is 383 g/mol. The molecule has 1 N–H and O–H groups in total. The molecule has 2 heterocycles. The lowest BCUT2D eigenvalue weighted by atomic mass is 10.2. The van der Waals surface area contributed by atoms with E-state index in [-0.39, 0.29) is 6.04 Å². The van der Waals surface area contributed by atoms with Gasteiger partial charge in [-0.3, -0.25) is 0 Å².